The first-order chi connectivity index (χ1) is 15.6. The molecule has 1 spiro atoms. The number of carbonyl (C=O) groups is 2. The Bertz CT molecular complexity index is 1410. The number of pyridine rings is 2. The number of anilines is 1. The summed E-state index contributed by atoms with van der Waals surface area (Å²) in [6.45, 7) is 0.398. The fraction of sp³-hybridized carbons (Fsp3) is 0.154. The Balaban J connectivity index is 1.24. The number of aromatic nitrogens is 2. The summed E-state index contributed by atoms with van der Waals surface area (Å²) < 4.78 is 0. The van der Waals surface area contributed by atoms with Gasteiger partial charge in [0.25, 0.3) is 5.91 Å². The summed E-state index contributed by atoms with van der Waals surface area (Å²) in [5.41, 5.74) is 4.92. The van der Waals surface area contributed by atoms with Crippen molar-refractivity contribution in [2.24, 2.45) is 0 Å². The van der Waals surface area contributed by atoms with E-state index in [0.717, 1.165) is 33.2 Å². The third-order valence-corrected chi connectivity index (χ3v) is 6.60. The molecule has 6 nitrogen and oxygen atoms in total. The van der Waals surface area contributed by atoms with Gasteiger partial charge in [-0.3, -0.25) is 14.6 Å². The van der Waals surface area contributed by atoms with Crippen molar-refractivity contribution in [1.29, 1.82) is 0 Å². The average molecular weight is 420 g/mol. The van der Waals surface area contributed by atoms with Crippen LogP contribution >= 0.6 is 0 Å². The molecule has 2 aromatic carbocycles. The van der Waals surface area contributed by atoms with Gasteiger partial charge in [-0.15, -0.1) is 0 Å². The molecule has 6 rings (SSSR count). The molecule has 4 aromatic rings. The topological polar surface area (TPSA) is 84.0 Å². The van der Waals surface area contributed by atoms with Crippen LogP contribution in [0.5, 0.6) is 0 Å². The Morgan fingerprint density at radius 1 is 0.969 bits per heavy atom. The van der Waals surface area contributed by atoms with Gasteiger partial charge in [0.2, 0.25) is 5.91 Å². The standard InChI is InChI=1S/C26H20N4O2/c31-24(29-15-19-5-1-4-16-6-2-10-27-22(16)19)17-8-9-18-13-26(14-20(18)12-17)21-7-3-11-28-23(21)30-25(26)32/h1-12H,13-15H2,(H,29,31)(H,28,30,32). The number of benzene rings is 2. The van der Waals surface area contributed by atoms with E-state index < -0.39 is 5.41 Å². The van der Waals surface area contributed by atoms with Crippen molar-refractivity contribution in [2.75, 3.05) is 5.32 Å². The van der Waals surface area contributed by atoms with Gasteiger partial charge in [-0.25, -0.2) is 4.98 Å². The second-order valence-electron chi connectivity index (χ2n) is 8.45. The van der Waals surface area contributed by atoms with Crippen LogP contribution in [-0.2, 0) is 29.6 Å². The zero-order valence-electron chi connectivity index (χ0n) is 17.3. The summed E-state index contributed by atoms with van der Waals surface area (Å²) in [5, 5.41) is 6.98. The van der Waals surface area contributed by atoms with E-state index in [2.05, 4.69) is 20.6 Å². The lowest BCUT2D eigenvalue weighted by atomic mass is 9.79. The molecule has 6 heteroatoms. The molecule has 1 unspecified atom stereocenters. The van der Waals surface area contributed by atoms with Crippen molar-refractivity contribution in [3.05, 3.63) is 101 Å². The first-order valence-corrected chi connectivity index (χ1v) is 10.6. The van der Waals surface area contributed by atoms with Gasteiger partial charge in [0.1, 0.15) is 5.82 Å². The molecule has 0 saturated heterocycles. The first-order valence-electron chi connectivity index (χ1n) is 10.6. The minimum atomic E-state index is -0.629. The number of nitrogens with one attached hydrogen (secondary N) is 2. The molecular weight excluding hydrogens is 400 g/mol. The van der Waals surface area contributed by atoms with Crippen molar-refractivity contribution in [1.82, 2.24) is 15.3 Å². The second kappa shape index (κ2) is 6.99. The molecule has 2 N–H and O–H groups in total. The predicted octanol–water partition coefficient (Wildman–Crippen LogP) is 3.55. The van der Waals surface area contributed by atoms with Gasteiger partial charge in [-0.2, -0.15) is 0 Å². The van der Waals surface area contributed by atoms with Crippen molar-refractivity contribution >= 4 is 28.5 Å². The summed E-state index contributed by atoms with van der Waals surface area (Å²) in [4.78, 5) is 34.5. The molecule has 0 fully saturated rings. The van der Waals surface area contributed by atoms with Crippen LogP contribution in [0.25, 0.3) is 10.9 Å². The minimum Gasteiger partial charge on any atom is -0.348 e. The van der Waals surface area contributed by atoms with Crippen molar-refractivity contribution in [3.63, 3.8) is 0 Å². The molecule has 2 amide bonds. The van der Waals surface area contributed by atoms with Crippen LogP contribution in [0.15, 0.2) is 73.1 Å². The molecule has 156 valence electrons. The fourth-order valence-corrected chi connectivity index (χ4v) is 5.00. The van der Waals surface area contributed by atoms with Gasteiger partial charge in [0.05, 0.1) is 10.9 Å². The summed E-state index contributed by atoms with van der Waals surface area (Å²) in [7, 11) is 0. The maximum Gasteiger partial charge on any atom is 0.251 e. The van der Waals surface area contributed by atoms with Crippen LogP contribution in [0.4, 0.5) is 5.82 Å². The van der Waals surface area contributed by atoms with Crippen LogP contribution in [0.2, 0.25) is 0 Å². The highest BCUT2D eigenvalue weighted by Gasteiger charge is 2.51. The number of hydrogen-bond donors (Lipinski definition) is 2. The zero-order chi connectivity index (χ0) is 21.7. The zero-order valence-corrected chi connectivity index (χ0v) is 17.3. The van der Waals surface area contributed by atoms with E-state index in [0.29, 0.717) is 30.8 Å². The maximum absolute atomic E-state index is 12.9. The minimum absolute atomic E-state index is 0.0168. The smallest absolute Gasteiger partial charge is 0.251 e. The second-order valence-corrected chi connectivity index (χ2v) is 8.45. The normalized spacial score (nSPS) is 18.4. The molecule has 3 heterocycles. The quantitative estimate of drug-likeness (QED) is 0.531. The molecule has 2 aliphatic rings. The summed E-state index contributed by atoms with van der Waals surface area (Å²) >= 11 is 0. The summed E-state index contributed by atoms with van der Waals surface area (Å²) in [5.74, 6) is 0.489. The van der Waals surface area contributed by atoms with Crippen LogP contribution in [0.1, 0.15) is 32.6 Å². The average Bonchev–Trinajstić information content (AvgIpc) is 3.34. The molecule has 2 aromatic heterocycles. The number of nitrogens with zero attached hydrogens (tertiary/aromatic N) is 2. The molecule has 32 heavy (non-hydrogen) atoms. The molecule has 1 aliphatic heterocycles. The van der Waals surface area contributed by atoms with Gasteiger partial charge in [-0.1, -0.05) is 36.4 Å². The van der Waals surface area contributed by atoms with E-state index in [-0.39, 0.29) is 11.8 Å². The fourth-order valence-electron chi connectivity index (χ4n) is 5.00. The Hall–Kier alpha value is -4.06. The monoisotopic (exact) mass is 420 g/mol. The molecular formula is C26H20N4O2. The highest BCUT2D eigenvalue weighted by Crippen LogP contribution is 2.46. The Labute approximate surface area is 184 Å². The molecule has 1 atom stereocenters. The third-order valence-electron chi connectivity index (χ3n) is 6.60. The van der Waals surface area contributed by atoms with E-state index in [1.54, 1.807) is 12.4 Å². The van der Waals surface area contributed by atoms with E-state index in [1.807, 2.05) is 60.7 Å². The van der Waals surface area contributed by atoms with Crippen molar-refractivity contribution in [2.45, 2.75) is 24.8 Å². The SMILES string of the molecule is O=C(NCc1cccc2cccnc12)c1ccc2c(c1)CC1(C2)C(=O)Nc2ncccc21. The summed E-state index contributed by atoms with van der Waals surface area (Å²) in [6, 6.07) is 19.4. The lowest BCUT2D eigenvalue weighted by Crippen LogP contribution is -2.35. The van der Waals surface area contributed by atoms with Crippen molar-refractivity contribution < 1.29 is 9.59 Å². The number of amides is 2. The largest absolute Gasteiger partial charge is 0.348 e. The van der Waals surface area contributed by atoms with Gasteiger partial charge in [0, 0.05) is 35.5 Å². The maximum atomic E-state index is 12.9. The van der Waals surface area contributed by atoms with Crippen LogP contribution in [0, 0.1) is 0 Å². The van der Waals surface area contributed by atoms with Crippen molar-refractivity contribution in [3.8, 4) is 0 Å². The highest BCUT2D eigenvalue weighted by atomic mass is 16.2. The number of carbonyl (C=O) groups excluding carboxylic acids is 2. The lowest BCUT2D eigenvalue weighted by molar-refractivity contribution is -0.120. The molecule has 0 bridgehead atoms. The third kappa shape index (κ3) is 2.80. The predicted molar refractivity (Wildman–Crippen MR) is 121 cm³/mol. The Kier molecular flexibility index (Phi) is 4.08. The van der Waals surface area contributed by atoms with E-state index in [4.69, 9.17) is 0 Å². The summed E-state index contributed by atoms with van der Waals surface area (Å²) in [6.07, 6.45) is 4.64. The Morgan fingerprint density at radius 3 is 2.72 bits per heavy atom. The number of rotatable bonds is 3. The lowest BCUT2D eigenvalue weighted by Gasteiger charge is -2.20. The number of para-hydroxylation sites is 1. The van der Waals surface area contributed by atoms with Gasteiger partial charge in [-0.05, 0) is 53.8 Å². The van der Waals surface area contributed by atoms with Crippen LogP contribution in [0.3, 0.4) is 0 Å². The van der Waals surface area contributed by atoms with Gasteiger partial charge < -0.3 is 10.6 Å². The number of fused-ring (bicyclic) bond motifs is 4. The van der Waals surface area contributed by atoms with E-state index in [1.165, 1.54) is 0 Å². The molecule has 1 aliphatic carbocycles. The van der Waals surface area contributed by atoms with E-state index in [9.17, 15) is 9.59 Å². The Morgan fingerprint density at radius 2 is 1.78 bits per heavy atom. The van der Waals surface area contributed by atoms with Gasteiger partial charge >= 0.3 is 0 Å². The molecule has 0 radical (unpaired) electrons. The number of hydrogen-bond acceptors (Lipinski definition) is 4. The molecule has 0 saturated carbocycles. The first kappa shape index (κ1) is 18.7. The van der Waals surface area contributed by atoms with Gasteiger partial charge in [0.15, 0.2) is 0 Å². The van der Waals surface area contributed by atoms with E-state index >= 15 is 0 Å². The van der Waals surface area contributed by atoms with Crippen LogP contribution in [-0.4, -0.2) is 21.8 Å². The van der Waals surface area contributed by atoms with Crippen LogP contribution < -0.4 is 10.6 Å². The highest BCUT2D eigenvalue weighted by molar-refractivity contribution is 6.06.